The van der Waals surface area contributed by atoms with Crippen LogP contribution in [0.1, 0.15) is 20.8 Å². The lowest BCUT2D eigenvalue weighted by molar-refractivity contribution is -0.164. The van der Waals surface area contributed by atoms with Crippen LogP contribution in [0.2, 0.25) is 19.6 Å². The van der Waals surface area contributed by atoms with Crippen LogP contribution in [0.3, 0.4) is 0 Å². The predicted molar refractivity (Wildman–Crippen MR) is 109 cm³/mol. The Morgan fingerprint density at radius 1 is 1.48 bits per heavy atom. The summed E-state index contributed by atoms with van der Waals surface area (Å²) in [6.45, 7) is 12.3. The van der Waals surface area contributed by atoms with Crippen LogP contribution < -0.4 is 4.98 Å². The number of rotatable bonds is 4. The van der Waals surface area contributed by atoms with Crippen LogP contribution >= 0.6 is 34.4 Å². The zero-order chi connectivity index (χ0) is 17.8. The van der Waals surface area contributed by atoms with Crippen LogP contribution in [-0.2, 0) is 14.0 Å². The molecule has 0 aromatic rings. The second-order valence-corrected chi connectivity index (χ2v) is 15.3. The summed E-state index contributed by atoms with van der Waals surface area (Å²) in [4.78, 5) is 30.8. The average Bonchev–Trinajstić information content (AvgIpc) is 2.36. The van der Waals surface area contributed by atoms with Crippen LogP contribution in [0.4, 0.5) is 0 Å². The number of fused-ring (bicyclic) bond motifs is 1. The van der Waals surface area contributed by atoms with Gasteiger partial charge >= 0.3 is 5.97 Å². The maximum Gasteiger partial charge on any atom is 0.303 e. The quantitative estimate of drug-likeness (QED) is 0.279. The minimum Gasteiger partial charge on any atom is -0.519 e. The number of amides is 1. The topological polar surface area (TPSA) is 58.6 Å². The smallest absolute Gasteiger partial charge is 0.303 e. The number of β-lactam (4-membered cyclic amide) rings is 1. The van der Waals surface area contributed by atoms with Crippen molar-refractivity contribution in [3.63, 3.8) is 0 Å². The highest BCUT2D eigenvalue weighted by molar-refractivity contribution is 14.1. The number of alkyl halides is 1. The van der Waals surface area contributed by atoms with Crippen molar-refractivity contribution in [2.75, 3.05) is 4.43 Å². The summed E-state index contributed by atoms with van der Waals surface area (Å²) in [5.74, 6) is -0.0138. The van der Waals surface area contributed by atoms with Crippen molar-refractivity contribution in [1.82, 2.24) is 9.88 Å². The normalized spacial score (nSPS) is 36.4. The molecule has 2 aliphatic rings. The van der Waals surface area contributed by atoms with E-state index in [1.54, 1.807) is 11.8 Å². The van der Waals surface area contributed by atoms with Crippen molar-refractivity contribution >= 4 is 65.0 Å². The van der Waals surface area contributed by atoms with Crippen LogP contribution in [0, 0.1) is 5.41 Å². The first-order valence-corrected chi connectivity index (χ1v) is 14.7. The third kappa shape index (κ3) is 2.93. The summed E-state index contributed by atoms with van der Waals surface area (Å²) in [5.41, 5.74) is -0.680. The maximum absolute atomic E-state index is 13.2. The van der Waals surface area contributed by atoms with Gasteiger partial charge in [0.05, 0.1) is 10.4 Å². The van der Waals surface area contributed by atoms with E-state index in [1.165, 1.54) is 0 Å². The second-order valence-electron chi connectivity index (χ2n) is 7.81. The fourth-order valence-electron chi connectivity index (χ4n) is 3.55. The molecule has 0 saturated carbocycles. The lowest BCUT2D eigenvalue weighted by atomic mass is 9.70. The van der Waals surface area contributed by atoms with Crippen molar-refractivity contribution in [2.45, 2.75) is 62.6 Å². The summed E-state index contributed by atoms with van der Waals surface area (Å²) in [5, 5.41) is 0.126. The van der Waals surface area contributed by atoms with Gasteiger partial charge in [0.2, 0.25) is 14.2 Å². The number of hydrogen-bond acceptors (Lipinski definition) is 5. The Morgan fingerprint density at radius 3 is 2.48 bits per heavy atom. The van der Waals surface area contributed by atoms with Gasteiger partial charge in [0.25, 0.3) is 0 Å². The molecule has 0 spiro atoms. The lowest BCUT2D eigenvalue weighted by Crippen LogP contribution is -2.79. The molecule has 0 aromatic carbocycles. The fraction of sp³-hybridized carbons (Fsp3) is 0.857. The summed E-state index contributed by atoms with van der Waals surface area (Å²) < 4.78 is 6.26. The Hall–Kier alpha value is 0.414. The first-order chi connectivity index (χ1) is 10.4. The maximum atomic E-state index is 13.2. The first kappa shape index (κ1) is 19.7. The molecule has 2 aliphatic heterocycles. The van der Waals surface area contributed by atoms with E-state index < -0.39 is 13.7 Å². The molecule has 0 aromatic heterocycles. The van der Waals surface area contributed by atoms with E-state index >= 15 is 0 Å². The summed E-state index contributed by atoms with van der Waals surface area (Å²) in [6.07, 6.45) is 0. The first-order valence-electron chi connectivity index (χ1n) is 7.89. The number of carbonyl (C=O) groups is 2. The van der Waals surface area contributed by atoms with Crippen molar-refractivity contribution in [3.8, 4) is 0 Å². The standard InChI is InChI=1S/C14H27IN2O3SSi2/c1-8-14(7-15,12(19)20-23(4,5)6)13(2,3)21-11-9(16-22)10(18)17(8)11/h8-9,11,16H,7H2,1-6,22H3/t8?,9?,11-,14?/m1/s1. The van der Waals surface area contributed by atoms with E-state index in [9.17, 15) is 9.59 Å². The van der Waals surface area contributed by atoms with Gasteiger partial charge in [0, 0.05) is 15.2 Å². The molecule has 1 N–H and O–H groups in total. The van der Waals surface area contributed by atoms with Crippen molar-refractivity contribution in [1.29, 1.82) is 0 Å². The SMILES string of the molecule is CC1N2C(=O)C(N[SiH3])[C@H]2SC(C)(C)C1(CI)C(=O)O[Si](C)(C)C. The van der Waals surface area contributed by atoms with E-state index in [0.717, 1.165) is 10.4 Å². The lowest BCUT2D eigenvalue weighted by Gasteiger charge is -2.63. The Labute approximate surface area is 160 Å². The van der Waals surface area contributed by atoms with Gasteiger partial charge in [-0.05, 0) is 40.4 Å². The highest BCUT2D eigenvalue weighted by Gasteiger charge is 2.68. The Balaban J connectivity index is 2.42. The molecule has 132 valence electrons. The van der Waals surface area contributed by atoms with Crippen molar-refractivity contribution in [2.24, 2.45) is 5.41 Å². The molecule has 2 saturated heterocycles. The van der Waals surface area contributed by atoms with Crippen LogP contribution in [0.25, 0.3) is 0 Å². The third-order valence-electron chi connectivity index (χ3n) is 4.98. The van der Waals surface area contributed by atoms with Gasteiger partial charge in [-0.2, -0.15) is 0 Å². The van der Waals surface area contributed by atoms with E-state index in [2.05, 4.69) is 41.4 Å². The van der Waals surface area contributed by atoms with Gasteiger partial charge in [0.15, 0.2) is 0 Å². The minimum absolute atomic E-state index is 0.0892. The molecule has 3 unspecified atom stereocenters. The number of nitrogens with one attached hydrogen (secondary N) is 1. The van der Waals surface area contributed by atoms with Crippen LogP contribution in [0.5, 0.6) is 0 Å². The molecule has 2 rings (SSSR count). The predicted octanol–water partition coefficient (Wildman–Crippen LogP) is 1.11. The molecule has 4 atom stereocenters. The average molecular weight is 487 g/mol. The van der Waals surface area contributed by atoms with Gasteiger partial charge in [-0.25, -0.2) is 0 Å². The van der Waals surface area contributed by atoms with E-state index in [0.29, 0.717) is 4.43 Å². The van der Waals surface area contributed by atoms with Gasteiger partial charge in [-0.3, -0.25) is 9.59 Å². The van der Waals surface area contributed by atoms with E-state index in [1.807, 2.05) is 31.5 Å². The van der Waals surface area contributed by atoms with Crippen LogP contribution in [-0.4, -0.2) is 62.1 Å². The molecular formula is C14H27IN2O3SSi2. The molecule has 23 heavy (non-hydrogen) atoms. The highest BCUT2D eigenvalue weighted by atomic mass is 127. The molecule has 2 fully saturated rings. The summed E-state index contributed by atoms with van der Waals surface area (Å²) >= 11 is 4.02. The van der Waals surface area contributed by atoms with E-state index in [-0.39, 0.29) is 34.1 Å². The number of thioether (sulfide) groups is 1. The minimum atomic E-state index is -1.99. The molecule has 0 aliphatic carbocycles. The van der Waals surface area contributed by atoms with Gasteiger partial charge < -0.3 is 14.3 Å². The summed E-state index contributed by atoms with van der Waals surface area (Å²) in [6, 6.07) is -0.239. The zero-order valence-electron chi connectivity index (χ0n) is 14.9. The molecule has 5 nitrogen and oxygen atoms in total. The molecular weight excluding hydrogens is 459 g/mol. The molecule has 0 radical (unpaired) electrons. The van der Waals surface area contributed by atoms with E-state index in [4.69, 9.17) is 4.43 Å². The number of hydrogen-bond donors (Lipinski definition) is 1. The summed E-state index contributed by atoms with van der Waals surface area (Å²) in [7, 11) is -1.20. The molecule has 1 amide bonds. The fourth-order valence-corrected chi connectivity index (χ4v) is 9.18. The molecule has 9 heteroatoms. The third-order valence-corrected chi connectivity index (χ3v) is 9.30. The number of nitrogens with zero attached hydrogens (tertiary/aromatic N) is 1. The monoisotopic (exact) mass is 486 g/mol. The van der Waals surface area contributed by atoms with Crippen molar-refractivity contribution in [3.05, 3.63) is 0 Å². The largest absolute Gasteiger partial charge is 0.519 e. The van der Waals surface area contributed by atoms with Crippen LogP contribution in [0.15, 0.2) is 0 Å². The Bertz CT molecular complexity index is 529. The molecule has 2 heterocycles. The van der Waals surface area contributed by atoms with Crippen molar-refractivity contribution < 1.29 is 14.0 Å². The van der Waals surface area contributed by atoms with Gasteiger partial charge in [0.1, 0.15) is 16.8 Å². The number of halogens is 1. The zero-order valence-corrected chi connectivity index (χ0v) is 20.9. The Morgan fingerprint density at radius 2 is 2.04 bits per heavy atom. The second kappa shape index (κ2) is 6.29. The molecule has 0 bridgehead atoms. The van der Waals surface area contributed by atoms with Gasteiger partial charge in [-0.15, -0.1) is 11.8 Å². The van der Waals surface area contributed by atoms with Gasteiger partial charge in [-0.1, -0.05) is 22.6 Å². The number of carbonyl (C=O) groups excluding carboxylic acids is 2. The highest BCUT2D eigenvalue weighted by Crippen LogP contribution is 2.58. The Kier molecular flexibility index (Phi) is 5.40.